The number of amides is 2. The van der Waals surface area contributed by atoms with E-state index >= 15 is 0 Å². The SMILES string of the molecule is CCOc1cnc(NC2CC3N(CC(C)(C)C)C(O)=C(C(=O)NC4CC4)C(=O)N3N2)cn1. The van der Waals surface area contributed by atoms with Crippen LogP contribution in [0.2, 0.25) is 0 Å². The van der Waals surface area contributed by atoms with E-state index in [4.69, 9.17) is 4.74 Å². The van der Waals surface area contributed by atoms with Crippen molar-refractivity contribution in [1.82, 2.24) is 30.6 Å². The summed E-state index contributed by atoms with van der Waals surface area (Å²) in [4.78, 5) is 36.1. The summed E-state index contributed by atoms with van der Waals surface area (Å²) in [6.45, 7) is 8.96. The van der Waals surface area contributed by atoms with Crippen LogP contribution >= 0.6 is 0 Å². The van der Waals surface area contributed by atoms with Crippen LogP contribution in [0.25, 0.3) is 0 Å². The second kappa shape index (κ2) is 8.45. The molecule has 2 atom stereocenters. The van der Waals surface area contributed by atoms with Crippen LogP contribution in [0.15, 0.2) is 23.8 Å². The van der Waals surface area contributed by atoms with Crippen molar-refractivity contribution in [1.29, 1.82) is 0 Å². The third-order valence-electron chi connectivity index (χ3n) is 5.35. The van der Waals surface area contributed by atoms with Gasteiger partial charge >= 0.3 is 0 Å². The molecule has 2 unspecified atom stereocenters. The van der Waals surface area contributed by atoms with E-state index in [-0.39, 0.29) is 29.1 Å². The van der Waals surface area contributed by atoms with Gasteiger partial charge in [0.25, 0.3) is 11.8 Å². The van der Waals surface area contributed by atoms with Crippen LogP contribution in [0.5, 0.6) is 5.88 Å². The van der Waals surface area contributed by atoms with Crippen molar-refractivity contribution in [2.45, 2.75) is 65.3 Å². The van der Waals surface area contributed by atoms with Gasteiger partial charge in [0.15, 0.2) is 5.57 Å². The standard InChI is InChI=1S/C21H31N7O4/c1-5-32-15-10-22-14(9-23-15)25-13-8-16-27(11-21(2,3)4)19(30)17(20(31)28(16)26-13)18(29)24-12-6-7-12/h9-10,12-13,16,26,30H,5-8,11H2,1-4H3,(H,22,25)(H,24,29). The minimum absolute atomic E-state index is 0.0728. The quantitative estimate of drug-likeness (QED) is 0.455. The number of hydrazine groups is 1. The molecule has 2 fully saturated rings. The Morgan fingerprint density at radius 2 is 2.06 bits per heavy atom. The summed E-state index contributed by atoms with van der Waals surface area (Å²) >= 11 is 0. The average Bonchev–Trinajstić information content (AvgIpc) is 3.42. The maximum atomic E-state index is 13.2. The number of aliphatic hydroxyl groups is 1. The Labute approximate surface area is 187 Å². The topological polar surface area (TPSA) is 132 Å². The molecular formula is C21H31N7O4. The monoisotopic (exact) mass is 445 g/mol. The molecule has 174 valence electrons. The summed E-state index contributed by atoms with van der Waals surface area (Å²) in [7, 11) is 0. The van der Waals surface area contributed by atoms with E-state index in [1.807, 2.05) is 27.7 Å². The average molecular weight is 446 g/mol. The minimum Gasteiger partial charge on any atom is -0.494 e. The number of rotatable bonds is 7. The fourth-order valence-electron chi connectivity index (χ4n) is 3.84. The van der Waals surface area contributed by atoms with Crippen molar-refractivity contribution in [3.05, 3.63) is 23.8 Å². The molecule has 3 heterocycles. The van der Waals surface area contributed by atoms with Crippen LogP contribution in [-0.4, -0.2) is 68.3 Å². The Kier molecular flexibility index (Phi) is 5.85. The van der Waals surface area contributed by atoms with Gasteiger partial charge in [0.1, 0.15) is 12.0 Å². The highest BCUT2D eigenvalue weighted by Crippen LogP contribution is 2.33. The van der Waals surface area contributed by atoms with E-state index in [2.05, 4.69) is 26.0 Å². The molecule has 4 N–H and O–H groups in total. The summed E-state index contributed by atoms with van der Waals surface area (Å²) in [6.07, 6.45) is 4.53. The van der Waals surface area contributed by atoms with Gasteiger partial charge in [0.05, 0.1) is 25.2 Å². The van der Waals surface area contributed by atoms with Crippen molar-refractivity contribution in [2.24, 2.45) is 5.41 Å². The normalized spacial score (nSPS) is 23.3. The number of aliphatic hydroxyl groups excluding tert-OH is 1. The Hall–Kier alpha value is -3.08. The molecule has 2 aliphatic heterocycles. The van der Waals surface area contributed by atoms with E-state index in [9.17, 15) is 14.7 Å². The van der Waals surface area contributed by atoms with Crippen molar-refractivity contribution in [2.75, 3.05) is 18.5 Å². The first kappa shape index (κ1) is 22.1. The molecule has 32 heavy (non-hydrogen) atoms. The lowest BCUT2D eigenvalue weighted by Gasteiger charge is -2.42. The Balaban J connectivity index is 1.54. The summed E-state index contributed by atoms with van der Waals surface area (Å²) in [6, 6.07) is 0.0728. The predicted molar refractivity (Wildman–Crippen MR) is 116 cm³/mol. The van der Waals surface area contributed by atoms with Gasteiger partial charge in [0.2, 0.25) is 11.8 Å². The van der Waals surface area contributed by atoms with E-state index in [0.717, 1.165) is 12.8 Å². The number of carbonyl (C=O) groups is 2. The fourth-order valence-corrected chi connectivity index (χ4v) is 3.84. The van der Waals surface area contributed by atoms with Gasteiger partial charge in [-0.25, -0.2) is 20.4 Å². The molecule has 0 radical (unpaired) electrons. The second-order valence-corrected chi connectivity index (χ2v) is 9.53. The van der Waals surface area contributed by atoms with E-state index in [0.29, 0.717) is 31.3 Å². The largest absolute Gasteiger partial charge is 0.494 e. The molecule has 0 spiro atoms. The summed E-state index contributed by atoms with van der Waals surface area (Å²) in [5, 5.41) is 18.4. The van der Waals surface area contributed by atoms with Crippen LogP contribution in [0.4, 0.5) is 5.82 Å². The first-order valence-electron chi connectivity index (χ1n) is 11.0. The molecule has 11 heteroatoms. The number of hydrogen-bond donors (Lipinski definition) is 4. The lowest BCUT2D eigenvalue weighted by Crippen LogP contribution is -2.58. The number of nitrogens with zero attached hydrogens (tertiary/aromatic N) is 4. The third-order valence-corrected chi connectivity index (χ3v) is 5.35. The molecule has 1 aliphatic carbocycles. The number of aromatic nitrogens is 2. The van der Waals surface area contributed by atoms with E-state index in [1.54, 1.807) is 11.1 Å². The van der Waals surface area contributed by atoms with Crippen molar-refractivity contribution in [3.63, 3.8) is 0 Å². The first-order valence-corrected chi connectivity index (χ1v) is 11.0. The second-order valence-electron chi connectivity index (χ2n) is 9.53. The highest BCUT2D eigenvalue weighted by atomic mass is 16.5. The maximum Gasteiger partial charge on any atom is 0.281 e. The first-order chi connectivity index (χ1) is 15.2. The molecule has 1 aromatic heterocycles. The molecule has 1 saturated carbocycles. The van der Waals surface area contributed by atoms with E-state index in [1.165, 1.54) is 11.2 Å². The predicted octanol–water partition coefficient (Wildman–Crippen LogP) is 1.09. The van der Waals surface area contributed by atoms with Crippen LogP contribution in [0.1, 0.15) is 47.0 Å². The number of fused-ring (bicyclic) bond motifs is 1. The van der Waals surface area contributed by atoms with Gasteiger partial charge in [-0.3, -0.25) is 9.59 Å². The number of anilines is 1. The van der Waals surface area contributed by atoms with Gasteiger partial charge in [-0.1, -0.05) is 20.8 Å². The Morgan fingerprint density at radius 3 is 2.66 bits per heavy atom. The number of carbonyl (C=O) groups excluding carboxylic acids is 2. The number of ether oxygens (including phenoxy) is 1. The zero-order chi connectivity index (χ0) is 23.0. The molecule has 11 nitrogen and oxygen atoms in total. The maximum absolute atomic E-state index is 13.2. The molecule has 1 saturated heterocycles. The highest BCUT2D eigenvalue weighted by molar-refractivity contribution is 6.19. The molecule has 0 aromatic carbocycles. The third kappa shape index (κ3) is 4.72. The number of hydrogen-bond acceptors (Lipinski definition) is 9. The molecule has 0 bridgehead atoms. The zero-order valence-electron chi connectivity index (χ0n) is 18.9. The van der Waals surface area contributed by atoms with Gasteiger partial charge in [0, 0.05) is 19.0 Å². The summed E-state index contributed by atoms with van der Waals surface area (Å²) < 4.78 is 5.31. The molecule has 1 aromatic rings. The summed E-state index contributed by atoms with van der Waals surface area (Å²) in [5.41, 5.74) is 2.72. The molecular weight excluding hydrogens is 414 g/mol. The van der Waals surface area contributed by atoms with Crippen molar-refractivity contribution >= 4 is 17.6 Å². The van der Waals surface area contributed by atoms with Gasteiger partial charge in [-0.2, -0.15) is 0 Å². The fraction of sp³-hybridized carbons (Fsp3) is 0.619. The van der Waals surface area contributed by atoms with Crippen LogP contribution in [0, 0.1) is 5.41 Å². The molecule has 3 aliphatic rings. The lowest BCUT2D eigenvalue weighted by atomic mass is 9.95. The van der Waals surface area contributed by atoms with Crippen LogP contribution < -0.4 is 20.8 Å². The van der Waals surface area contributed by atoms with Crippen LogP contribution in [-0.2, 0) is 9.59 Å². The number of nitrogens with one attached hydrogen (secondary N) is 3. The van der Waals surface area contributed by atoms with Crippen molar-refractivity contribution < 1.29 is 19.4 Å². The molecule has 4 rings (SSSR count). The van der Waals surface area contributed by atoms with Crippen LogP contribution in [0.3, 0.4) is 0 Å². The van der Waals surface area contributed by atoms with E-state index < -0.39 is 18.0 Å². The molecule has 2 amide bonds. The minimum atomic E-state index is -0.544. The highest BCUT2D eigenvalue weighted by Gasteiger charge is 2.49. The Bertz CT molecular complexity index is 908. The smallest absolute Gasteiger partial charge is 0.281 e. The Morgan fingerprint density at radius 1 is 1.31 bits per heavy atom. The lowest BCUT2D eigenvalue weighted by molar-refractivity contribution is -0.142. The van der Waals surface area contributed by atoms with Gasteiger partial charge in [-0.05, 0) is 25.2 Å². The zero-order valence-corrected chi connectivity index (χ0v) is 18.9. The van der Waals surface area contributed by atoms with Gasteiger partial charge in [-0.15, -0.1) is 0 Å². The summed E-state index contributed by atoms with van der Waals surface area (Å²) in [5.74, 6) is -0.403. The van der Waals surface area contributed by atoms with Crippen molar-refractivity contribution in [3.8, 4) is 5.88 Å². The van der Waals surface area contributed by atoms with Gasteiger partial charge < -0.3 is 25.4 Å².